The highest BCUT2D eigenvalue weighted by Crippen LogP contribution is 2.27. The number of carboxylic acids is 1. The van der Waals surface area contributed by atoms with E-state index in [9.17, 15) is 9.90 Å². The van der Waals surface area contributed by atoms with E-state index >= 15 is 0 Å². The minimum absolute atomic E-state index is 0.207. The van der Waals surface area contributed by atoms with E-state index in [1.165, 1.54) is 0 Å². The normalized spacial score (nSPS) is 12.0. The van der Waals surface area contributed by atoms with Gasteiger partial charge in [-0.05, 0) is 23.1 Å². The molecule has 1 atom stereocenters. The summed E-state index contributed by atoms with van der Waals surface area (Å²) in [6.45, 7) is 0. The van der Waals surface area contributed by atoms with Crippen molar-refractivity contribution >= 4 is 28.3 Å². The Labute approximate surface area is 139 Å². The fraction of sp³-hybridized carbons (Fsp3) is 0.105. The Morgan fingerprint density at radius 1 is 1.00 bits per heavy atom. The highest BCUT2D eigenvalue weighted by molar-refractivity contribution is 6.31. The third-order valence-electron chi connectivity index (χ3n) is 3.66. The number of hydrogen-bond acceptors (Lipinski definition) is 2. The number of rotatable bonds is 5. The molecule has 0 saturated carbocycles. The van der Waals surface area contributed by atoms with Crippen LogP contribution in [0.15, 0.2) is 66.7 Å². The van der Waals surface area contributed by atoms with Crippen molar-refractivity contribution in [3.63, 3.8) is 0 Å². The molecule has 1 N–H and O–H groups in total. The quantitative estimate of drug-likeness (QED) is 0.747. The summed E-state index contributed by atoms with van der Waals surface area (Å²) >= 11 is 6.12. The SMILES string of the molecule is O=C(O)[C@H](Cc1ccccc1Cl)Oc1cccc2ccccc12. The average molecular weight is 327 g/mol. The lowest BCUT2D eigenvalue weighted by atomic mass is 10.1. The first-order chi connectivity index (χ1) is 11.1. The molecule has 0 amide bonds. The Bertz CT molecular complexity index is 839. The molecule has 0 heterocycles. The van der Waals surface area contributed by atoms with Crippen molar-refractivity contribution in [3.05, 3.63) is 77.3 Å². The molecule has 3 aromatic rings. The number of ether oxygens (including phenoxy) is 1. The Balaban J connectivity index is 1.90. The van der Waals surface area contributed by atoms with Crippen molar-refractivity contribution in [3.8, 4) is 5.75 Å². The number of hydrogen-bond donors (Lipinski definition) is 1. The third-order valence-corrected chi connectivity index (χ3v) is 4.03. The van der Waals surface area contributed by atoms with Gasteiger partial charge in [0.05, 0.1) is 0 Å². The van der Waals surface area contributed by atoms with Crippen molar-refractivity contribution < 1.29 is 14.6 Å². The van der Waals surface area contributed by atoms with Crippen LogP contribution in [-0.4, -0.2) is 17.2 Å². The van der Waals surface area contributed by atoms with Crippen LogP contribution in [0.2, 0.25) is 5.02 Å². The minimum atomic E-state index is -1.02. The molecule has 0 aromatic heterocycles. The Kier molecular flexibility index (Phi) is 4.49. The van der Waals surface area contributed by atoms with E-state index in [2.05, 4.69) is 0 Å². The molecule has 0 saturated heterocycles. The number of carboxylic acid groups (broad SMARTS) is 1. The maximum absolute atomic E-state index is 11.6. The maximum atomic E-state index is 11.6. The predicted octanol–water partition coefficient (Wildman–Crippen LogP) is 4.57. The van der Waals surface area contributed by atoms with Crippen LogP contribution in [0.4, 0.5) is 0 Å². The summed E-state index contributed by atoms with van der Waals surface area (Å²) in [6.07, 6.45) is -0.793. The summed E-state index contributed by atoms with van der Waals surface area (Å²) in [5, 5.41) is 11.9. The van der Waals surface area contributed by atoms with Gasteiger partial charge < -0.3 is 9.84 Å². The molecule has 0 aliphatic carbocycles. The van der Waals surface area contributed by atoms with Crippen LogP contribution < -0.4 is 4.74 Å². The van der Waals surface area contributed by atoms with Gasteiger partial charge in [0.2, 0.25) is 0 Å². The molecule has 23 heavy (non-hydrogen) atoms. The van der Waals surface area contributed by atoms with E-state index in [1.54, 1.807) is 12.1 Å². The second-order valence-corrected chi connectivity index (χ2v) is 5.62. The van der Waals surface area contributed by atoms with Gasteiger partial charge in [-0.1, -0.05) is 66.2 Å². The second-order valence-electron chi connectivity index (χ2n) is 5.22. The van der Waals surface area contributed by atoms with Crippen LogP contribution in [0.5, 0.6) is 5.75 Å². The van der Waals surface area contributed by atoms with Gasteiger partial charge >= 0.3 is 5.97 Å². The molecule has 3 aromatic carbocycles. The number of benzene rings is 3. The van der Waals surface area contributed by atoms with Gasteiger partial charge in [0.25, 0.3) is 0 Å². The van der Waals surface area contributed by atoms with Gasteiger partial charge in [-0.3, -0.25) is 0 Å². The Morgan fingerprint density at radius 2 is 1.70 bits per heavy atom. The molecule has 0 aliphatic rings. The molecule has 0 bridgehead atoms. The summed E-state index contributed by atoms with van der Waals surface area (Å²) in [5.41, 5.74) is 0.752. The predicted molar refractivity (Wildman–Crippen MR) is 91.2 cm³/mol. The Morgan fingerprint density at radius 3 is 2.48 bits per heavy atom. The first-order valence-corrected chi connectivity index (χ1v) is 7.63. The van der Waals surface area contributed by atoms with Crippen molar-refractivity contribution in [2.24, 2.45) is 0 Å². The van der Waals surface area contributed by atoms with Gasteiger partial charge in [-0.2, -0.15) is 0 Å². The summed E-state index contributed by atoms with van der Waals surface area (Å²) in [5.74, 6) is -0.458. The molecular formula is C19H15ClO3. The van der Waals surface area contributed by atoms with Gasteiger partial charge in [0.15, 0.2) is 6.10 Å². The summed E-state index contributed by atoms with van der Waals surface area (Å²) in [7, 11) is 0. The van der Waals surface area contributed by atoms with Crippen molar-refractivity contribution in [2.75, 3.05) is 0 Å². The lowest BCUT2D eigenvalue weighted by Crippen LogP contribution is -2.29. The fourth-order valence-electron chi connectivity index (χ4n) is 2.49. The third kappa shape index (κ3) is 3.46. The van der Waals surface area contributed by atoms with Crippen LogP contribution in [0.25, 0.3) is 10.8 Å². The van der Waals surface area contributed by atoms with E-state index in [-0.39, 0.29) is 6.42 Å². The van der Waals surface area contributed by atoms with Gasteiger partial charge in [0, 0.05) is 16.8 Å². The second kappa shape index (κ2) is 6.71. The first kappa shape index (κ1) is 15.4. The summed E-state index contributed by atoms with van der Waals surface area (Å²) in [6, 6.07) is 20.5. The molecule has 3 rings (SSSR count). The molecule has 0 aliphatic heterocycles. The molecule has 3 nitrogen and oxygen atoms in total. The van der Waals surface area contributed by atoms with E-state index in [4.69, 9.17) is 16.3 Å². The van der Waals surface area contributed by atoms with E-state index in [0.29, 0.717) is 10.8 Å². The van der Waals surface area contributed by atoms with Crippen molar-refractivity contribution in [2.45, 2.75) is 12.5 Å². The highest BCUT2D eigenvalue weighted by atomic mass is 35.5. The zero-order chi connectivity index (χ0) is 16.2. The zero-order valence-corrected chi connectivity index (χ0v) is 13.0. The largest absolute Gasteiger partial charge is 0.478 e. The average Bonchev–Trinajstić information content (AvgIpc) is 2.56. The van der Waals surface area contributed by atoms with Gasteiger partial charge in [-0.25, -0.2) is 4.79 Å². The number of fused-ring (bicyclic) bond motifs is 1. The standard InChI is InChI=1S/C19H15ClO3/c20-16-10-4-2-7-14(16)12-18(19(21)22)23-17-11-5-8-13-6-1-3-9-15(13)17/h1-11,18H,12H2,(H,21,22)/t18-/m0/s1. The van der Waals surface area contributed by atoms with Crippen molar-refractivity contribution in [1.29, 1.82) is 0 Å². The van der Waals surface area contributed by atoms with Crippen LogP contribution in [0.1, 0.15) is 5.56 Å². The number of carbonyl (C=O) groups is 1. The number of aliphatic carboxylic acids is 1. The highest BCUT2D eigenvalue weighted by Gasteiger charge is 2.22. The molecule has 0 spiro atoms. The summed E-state index contributed by atoms with van der Waals surface area (Å²) < 4.78 is 5.79. The molecule has 116 valence electrons. The topological polar surface area (TPSA) is 46.5 Å². The molecule has 0 unspecified atom stereocenters. The Hall–Kier alpha value is -2.52. The van der Waals surface area contributed by atoms with Crippen LogP contribution in [-0.2, 0) is 11.2 Å². The monoisotopic (exact) mass is 326 g/mol. The van der Waals surface area contributed by atoms with E-state index in [0.717, 1.165) is 16.3 Å². The first-order valence-electron chi connectivity index (χ1n) is 7.26. The molecule has 4 heteroatoms. The lowest BCUT2D eigenvalue weighted by Gasteiger charge is -2.17. The van der Waals surface area contributed by atoms with Crippen molar-refractivity contribution in [1.82, 2.24) is 0 Å². The maximum Gasteiger partial charge on any atom is 0.345 e. The zero-order valence-electron chi connectivity index (χ0n) is 12.3. The van der Waals surface area contributed by atoms with E-state index in [1.807, 2.05) is 54.6 Å². The van der Waals surface area contributed by atoms with Gasteiger partial charge in [0.1, 0.15) is 5.75 Å². The van der Waals surface area contributed by atoms with Gasteiger partial charge in [-0.15, -0.1) is 0 Å². The molecule has 0 radical (unpaired) electrons. The molecular weight excluding hydrogens is 312 g/mol. The fourth-order valence-corrected chi connectivity index (χ4v) is 2.71. The number of halogens is 1. The van der Waals surface area contributed by atoms with E-state index < -0.39 is 12.1 Å². The van der Waals surface area contributed by atoms with Crippen LogP contribution in [0.3, 0.4) is 0 Å². The minimum Gasteiger partial charge on any atom is -0.478 e. The molecule has 0 fully saturated rings. The lowest BCUT2D eigenvalue weighted by molar-refractivity contribution is -0.144. The van der Waals surface area contributed by atoms with Crippen LogP contribution in [0, 0.1) is 0 Å². The smallest absolute Gasteiger partial charge is 0.345 e. The van der Waals surface area contributed by atoms with Crippen LogP contribution >= 0.6 is 11.6 Å². The summed E-state index contributed by atoms with van der Waals surface area (Å²) in [4.78, 5) is 11.6.